The van der Waals surface area contributed by atoms with Crippen LogP contribution in [0.2, 0.25) is 18.1 Å². The average molecular weight is 858 g/mol. The van der Waals surface area contributed by atoms with Gasteiger partial charge in [-0.15, -0.1) is 0 Å². The molecule has 0 bridgehead atoms. The quantitative estimate of drug-likeness (QED) is 0.0460. The zero-order chi connectivity index (χ0) is 43.4. The maximum atomic E-state index is 2.63. The Morgan fingerprint density at radius 3 is 0.754 bits per heavy atom. The summed E-state index contributed by atoms with van der Waals surface area (Å²) in [6.45, 7) is 6.98. The minimum Gasteiger partial charge on any atom is -0.0654 e. The summed E-state index contributed by atoms with van der Waals surface area (Å²) in [4.78, 5) is 0. The molecule has 61 heavy (non-hydrogen) atoms. The molecule has 0 aromatic heterocycles. The third-order valence-electron chi connectivity index (χ3n) is 14.6. The number of rotatable bonds is 47. The van der Waals surface area contributed by atoms with Crippen LogP contribution in [0.15, 0.2) is 54.6 Å². The predicted molar refractivity (Wildman–Crippen MR) is 283 cm³/mol. The summed E-state index contributed by atoms with van der Waals surface area (Å²) in [6.07, 6.45) is 61.1. The molecule has 0 aliphatic heterocycles. The largest absolute Gasteiger partial charge is 0.0875 e. The van der Waals surface area contributed by atoms with Crippen molar-refractivity contribution in [1.29, 1.82) is 0 Å². The van der Waals surface area contributed by atoms with E-state index in [9.17, 15) is 0 Å². The third-order valence-corrected chi connectivity index (χ3v) is 20.1. The summed E-state index contributed by atoms with van der Waals surface area (Å²) in [6, 6.07) is 25.9. The molecular weight excluding hydrogens is 749 g/mol. The molecule has 0 N–H and O–H groups in total. The van der Waals surface area contributed by atoms with Crippen LogP contribution in [0.5, 0.6) is 0 Å². The molecule has 352 valence electrons. The molecule has 0 heterocycles. The fraction of sp³-hybridized carbons (Fsp3) is 0.800. The van der Waals surface area contributed by atoms with Gasteiger partial charge >= 0.3 is 0 Å². The predicted octanol–water partition coefficient (Wildman–Crippen LogP) is 21.5. The molecule has 0 unspecified atom stereocenters. The summed E-state index contributed by atoms with van der Waals surface area (Å²) in [5.41, 5.74) is 3.04. The van der Waals surface area contributed by atoms with Gasteiger partial charge in [0.1, 0.15) is 0 Å². The van der Waals surface area contributed by atoms with E-state index >= 15 is 0 Å². The summed E-state index contributed by atoms with van der Waals surface area (Å²) < 4.78 is 0. The second kappa shape index (κ2) is 42.6. The summed E-state index contributed by atoms with van der Waals surface area (Å²) in [5.74, 6) is 0. The number of hydrogen-bond acceptors (Lipinski definition) is 0. The highest BCUT2D eigenvalue weighted by Crippen LogP contribution is 2.34. The maximum absolute atomic E-state index is 2.63. The van der Waals surface area contributed by atoms with Gasteiger partial charge in [0.15, 0.2) is 0 Å². The maximum Gasteiger partial charge on any atom is 0.0875 e. The topological polar surface area (TPSA) is 0 Å². The van der Waals surface area contributed by atoms with Gasteiger partial charge in [0, 0.05) is 0 Å². The van der Waals surface area contributed by atoms with Gasteiger partial charge in [-0.2, -0.15) is 0 Å². The molecule has 0 radical (unpaired) electrons. The van der Waals surface area contributed by atoms with E-state index < -0.39 is 8.07 Å². The molecule has 0 saturated heterocycles. The zero-order valence-electron chi connectivity index (χ0n) is 42.0. The lowest BCUT2D eigenvalue weighted by atomic mass is 10.0. The van der Waals surface area contributed by atoms with Gasteiger partial charge in [0.2, 0.25) is 0 Å². The van der Waals surface area contributed by atoms with Crippen molar-refractivity contribution in [3.8, 4) is 11.1 Å². The minimum atomic E-state index is -1.71. The van der Waals surface area contributed by atoms with Crippen molar-refractivity contribution in [3.05, 3.63) is 54.6 Å². The average Bonchev–Trinajstić information content (AvgIpc) is 3.29. The Labute approximate surface area is 385 Å². The molecular formula is C60H108Si. The smallest absolute Gasteiger partial charge is 0.0654 e. The van der Waals surface area contributed by atoms with Crippen molar-refractivity contribution in [3.63, 3.8) is 0 Å². The highest BCUT2D eigenvalue weighted by molar-refractivity contribution is 6.92. The SMILES string of the molecule is CCCCCCCCCCCCCCCC[Si](CCCCCCCCCCCCCCCC)(CCCCCCCCCCCCCCCC)c1ccccc1-c1ccccc1. The monoisotopic (exact) mass is 857 g/mol. The van der Waals surface area contributed by atoms with Crippen molar-refractivity contribution in [2.75, 3.05) is 0 Å². The van der Waals surface area contributed by atoms with Gasteiger partial charge in [0.05, 0.1) is 8.07 Å². The minimum absolute atomic E-state index is 1.36. The van der Waals surface area contributed by atoms with Crippen molar-refractivity contribution >= 4 is 13.3 Å². The van der Waals surface area contributed by atoms with Gasteiger partial charge in [0.25, 0.3) is 0 Å². The number of hydrogen-bond donors (Lipinski definition) is 0. The fourth-order valence-corrected chi connectivity index (χ4v) is 16.2. The van der Waals surface area contributed by atoms with Gasteiger partial charge in [-0.25, -0.2) is 0 Å². The molecule has 2 aromatic carbocycles. The van der Waals surface area contributed by atoms with E-state index in [2.05, 4.69) is 75.4 Å². The molecule has 0 amide bonds. The van der Waals surface area contributed by atoms with Crippen LogP contribution >= 0.6 is 0 Å². The van der Waals surface area contributed by atoms with Crippen LogP contribution in [0.25, 0.3) is 11.1 Å². The number of unbranched alkanes of at least 4 members (excludes halogenated alkanes) is 39. The highest BCUT2D eigenvalue weighted by Gasteiger charge is 2.35. The molecule has 0 spiro atoms. The van der Waals surface area contributed by atoms with Crippen LogP contribution in [-0.2, 0) is 0 Å². The fourth-order valence-electron chi connectivity index (χ4n) is 10.6. The van der Waals surface area contributed by atoms with Crippen molar-refractivity contribution in [1.82, 2.24) is 0 Å². The van der Waals surface area contributed by atoms with Gasteiger partial charge in [-0.3, -0.25) is 0 Å². The van der Waals surface area contributed by atoms with Crippen molar-refractivity contribution < 1.29 is 0 Å². The van der Waals surface area contributed by atoms with Crippen LogP contribution < -0.4 is 5.19 Å². The Kier molecular flexibility index (Phi) is 39.0. The van der Waals surface area contributed by atoms with E-state index in [1.165, 1.54) is 293 Å². The lowest BCUT2D eigenvalue weighted by molar-refractivity contribution is 0.535. The van der Waals surface area contributed by atoms with E-state index in [4.69, 9.17) is 0 Å². The lowest BCUT2D eigenvalue weighted by Gasteiger charge is -2.35. The molecule has 1 heteroatoms. The molecule has 0 atom stereocenters. The Morgan fingerprint density at radius 2 is 0.475 bits per heavy atom. The summed E-state index contributed by atoms with van der Waals surface area (Å²) in [7, 11) is -1.71. The molecule has 2 rings (SSSR count). The molecule has 0 aliphatic carbocycles. The third kappa shape index (κ3) is 30.4. The Hall–Kier alpha value is -1.34. The molecule has 0 fully saturated rings. The second-order valence-electron chi connectivity index (χ2n) is 20.2. The van der Waals surface area contributed by atoms with E-state index in [1.807, 2.05) is 5.19 Å². The molecule has 2 aromatic rings. The van der Waals surface area contributed by atoms with Crippen molar-refractivity contribution in [2.24, 2.45) is 0 Å². The van der Waals surface area contributed by atoms with Crippen LogP contribution in [0.1, 0.15) is 290 Å². The summed E-state index contributed by atoms with van der Waals surface area (Å²) in [5, 5.41) is 1.82. The normalized spacial score (nSPS) is 11.9. The number of benzene rings is 2. The Balaban J connectivity index is 1.95. The lowest BCUT2D eigenvalue weighted by Crippen LogP contribution is -2.48. The van der Waals surface area contributed by atoms with Gasteiger partial charge in [-0.05, 0) is 11.1 Å². The van der Waals surface area contributed by atoms with E-state index in [-0.39, 0.29) is 0 Å². The molecule has 0 aliphatic rings. The Morgan fingerprint density at radius 1 is 0.246 bits per heavy atom. The molecule has 0 nitrogen and oxygen atoms in total. The van der Waals surface area contributed by atoms with E-state index in [1.54, 1.807) is 5.56 Å². The first kappa shape index (κ1) is 55.8. The zero-order valence-corrected chi connectivity index (χ0v) is 43.0. The first-order chi connectivity index (χ1) is 30.3. The second-order valence-corrected chi connectivity index (χ2v) is 24.8. The van der Waals surface area contributed by atoms with Gasteiger partial charge < -0.3 is 0 Å². The van der Waals surface area contributed by atoms with Crippen LogP contribution in [0, 0.1) is 0 Å². The van der Waals surface area contributed by atoms with Crippen LogP contribution in [0.3, 0.4) is 0 Å². The van der Waals surface area contributed by atoms with Crippen LogP contribution in [-0.4, -0.2) is 8.07 Å². The first-order valence-electron chi connectivity index (χ1n) is 28.4. The molecule has 0 saturated carbocycles. The van der Waals surface area contributed by atoms with E-state index in [0.29, 0.717) is 0 Å². The standard InChI is InChI=1S/C60H108Si/c1-4-7-10-13-16-19-22-25-28-31-34-37-40-48-55-61(60-54-47-46-53-59(60)58-51-44-43-45-52-58,56-49-41-38-35-32-29-26-23-20-17-14-11-8-5-2)57-50-42-39-36-33-30-27-24-21-18-15-12-9-6-3/h43-47,51-54H,4-42,48-50,55-57H2,1-3H3. The highest BCUT2D eigenvalue weighted by atomic mass is 28.3. The van der Waals surface area contributed by atoms with Gasteiger partial charge in [-0.1, -0.05) is 368 Å². The Bertz CT molecular complexity index is 1070. The van der Waals surface area contributed by atoms with Crippen LogP contribution in [0.4, 0.5) is 0 Å². The first-order valence-corrected chi connectivity index (χ1v) is 31.0. The van der Waals surface area contributed by atoms with E-state index in [0.717, 1.165) is 0 Å². The van der Waals surface area contributed by atoms with Crippen molar-refractivity contribution in [2.45, 2.75) is 309 Å². The summed E-state index contributed by atoms with van der Waals surface area (Å²) >= 11 is 0.